The van der Waals surface area contributed by atoms with Crippen molar-refractivity contribution < 1.29 is 18.7 Å². The van der Waals surface area contributed by atoms with Crippen molar-refractivity contribution in [3.05, 3.63) is 29.3 Å². The molecule has 0 saturated carbocycles. The minimum atomic E-state index is -1.09. The molecule has 0 radical (unpaired) electrons. The van der Waals surface area contributed by atoms with Crippen molar-refractivity contribution in [1.29, 1.82) is 5.26 Å². The SMILES string of the molecule is N#Cc1cc(F)c(N2CCCCC2C(=O)O)c(F)c1. The molecule has 0 amide bonds. The minimum absolute atomic E-state index is 0.123. The van der Waals surface area contributed by atoms with Gasteiger partial charge < -0.3 is 10.0 Å². The van der Waals surface area contributed by atoms with Crippen LogP contribution in [0.4, 0.5) is 14.5 Å². The van der Waals surface area contributed by atoms with Gasteiger partial charge >= 0.3 is 5.97 Å². The van der Waals surface area contributed by atoms with Crippen LogP contribution in [-0.4, -0.2) is 23.7 Å². The molecule has 4 nitrogen and oxygen atoms in total. The van der Waals surface area contributed by atoms with Crippen molar-refractivity contribution in [2.24, 2.45) is 0 Å². The molecule has 1 aromatic rings. The lowest BCUT2D eigenvalue weighted by Crippen LogP contribution is -2.45. The first kappa shape index (κ1) is 13.3. The topological polar surface area (TPSA) is 64.3 Å². The zero-order chi connectivity index (χ0) is 14.0. The van der Waals surface area contributed by atoms with E-state index in [1.807, 2.05) is 0 Å². The second-order valence-corrected chi connectivity index (χ2v) is 4.44. The quantitative estimate of drug-likeness (QED) is 0.891. The average Bonchev–Trinajstić information content (AvgIpc) is 2.38. The van der Waals surface area contributed by atoms with E-state index in [1.165, 1.54) is 4.90 Å². The van der Waals surface area contributed by atoms with E-state index in [1.54, 1.807) is 6.07 Å². The molecular formula is C13H12F2N2O2. The number of carboxylic acids is 1. The van der Waals surface area contributed by atoms with Crippen LogP contribution in [0.3, 0.4) is 0 Å². The number of piperidine rings is 1. The van der Waals surface area contributed by atoms with Gasteiger partial charge in [-0.3, -0.25) is 0 Å². The second-order valence-electron chi connectivity index (χ2n) is 4.44. The van der Waals surface area contributed by atoms with Crippen molar-refractivity contribution in [2.45, 2.75) is 25.3 Å². The van der Waals surface area contributed by atoms with E-state index in [4.69, 9.17) is 10.4 Å². The Morgan fingerprint density at radius 2 is 2.00 bits per heavy atom. The van der Waals surface area contributed by atoms with Crippen LogP contribution in [0.15, 0.2) is 12.1 Å². The van der Waals surface area contributed by atoms with E-state index in [9.17, 15) is 13.6 Å². The van der Waals surface area contributed by atoms with Gasteiger partial charge in [-0.15, -0.1) is 0 Å². The molecule has 1 aliphatic rings. The van der Waals surface area contributed by atoms with Gasteiger partial charge in [-0.2, -0.15) is 5.26 Å². The van der Waals surface area contributed by atoms with Crippen LogP contribution in [0.25, 0.3) is 0 Å². The standard InChI is InChI=1S/C13H12F2N2O2/c14-9-5-8(7-16)6-10(15)12(9)17-4-2-1-3-11(17)13(18)19/h5-6,11H,1-4H2,(H,18,19). The number of hydrogen-bond donors (Lipinski definition) is 1. The molecule has 100 valence electrons. The molecule has 1 aliphatic heterocycles. The van der Waals surface area contributed by atoms with Crippen molar-refractivity contribution >= 4 is 11.7 Å². The van der Waals surface area contributed by atoms with Gasteiger partial charge in [0.2, 0.25) is 0 Å². The maximum Gasteiger partial charge on any atom is 0.326 e. The summed E-state index contributed by atoms with van der Waals surface area (Å²) < 4.78 is 27.8. The summed E-state index contributed by atoms with van der Waals surface area (Å²) in [5, 5.41) is 17.8. The van der Waals surface area contributed by atoms with Gasteiger partial charge in [-0.25, -0.2) is 13.6 Å². The van der Waals surface area contributed by atoms with Crippen LogP contribution in [0.5, 0.6) is 0 Å². The Morgan fingerprint density at radius 3 is 2.53 bits per heavy atom. The number of hydrogen-bond acceptors (Lipinski definition) is 3. The van der Waals surface area contributed by atoms with Gasteiger partial charge in [0.25, 0.3) is 0 Å². The fourth-order valence-corrected chi connectivity index (χ4v) is 2.36. The normalized spacial score (nSPS) is 19.0. The smallest absolute Gasteiger partial charge is 0.326 e. The predicted molar refractivity (Wildman–Crippen MR) is 63.7 cm³/mol. The fraction of sp³-hybridized carbons (Fsp3) is 0.385. The summed E-state index contributed by atoms with van der Waals surface area (Å²) in [6.07, 6.45) is 1.75. The van der Waals surface area contributed by atoms with Gasteiger partial charge in [0.15, 0.2) is 11.6 Å². The zero-order valence-corrected chi connectivity index (χ0v) is 10.1. The van der Waals surface area contributed by atoms with E-state index in [-0.39, 0.29) is 17.8 Å². The monoisotopic (exact) mass is 266 g/mol. The third kappa shape index (κ3) is 2.50. The van der Waals surface area contributed by atoms with Gasteiger partial charge in [-0.05, 0) is 31.4 Å². The highest BCUT2D eigenvalue weighted by Gasteiger charge is 2.32. The summed E-state index contributed by atoms with van der Waals surface area (Å²) in [4.78, 5) is 12.4. The molecule has 0 aromatic heterocycles. The van der Waals surface area contributed by atoms with Crippen LogP contribution >= 0.6 is 0 Å². The summed E-state index contributed by atoms with van der Waals surface area (Å²) in [6, 6.07) is 2.58. The van der Waals surface area contributed by atoms with E-state index in [2.05, 4.69) is 0 Å². The lowest BCUT2D eigenvalue weighted by Gasteiger charge is -2.35. The van der Waals surface area contributed by atoms with E-state index in [0.717, 1.165) is 12.1 Å². The molecule has 1 aromatic carbocycles. The molecule has 2 rings (SSSR count). The molecule has 1 N–H and O–H groups in total. The molecular weight excluding hydrogens is 254 g/mol. The molecule has 0 aliphatic carbocycles. The lowest BCUT2D eigenvalue weighted by atomic mass is 10.0. The largest absolute Gasteiger partial charge is 0.480 e. The van der Waals surface area contributed by atoms with Crippen LogP contribution < -0.4 is 4.90 Å². The highest BCUT2D eigenvalue weighted by molar-refractivity contribution is 5.78. The number of carboxylic acid groups (broad SMARTS) is 1. The second kappa shape index (κ2) is 5.22. The lowest BCUT2D eigenvalue weighted by molar-refractivity contribution is -0.139. The number of rotatable bonds is 2. The molecule has 0 bridgehead atoms. The highest BCUT2D eigenvalue weighted by Crippen LogP contribution is 2.30. The summed E-state index contributed by atoms with van der Waals surface area (Å²) in [7, 11) is 0. The van der Waals surface area contributed by atoms with Crippen LogP contribution in [-0.2, 0) is 4.79 Å². The third-order valence-electron chi connectivity index (χ3n) is 3.22. The van der Waals surface area contributed by atoms with Crippen molar-refractivity contribution in [3.63, 3.8) is 0 Å². The summed E-state index contributed by atoms with van der Waals surface area (Å²) in [5.74, 6) is -2.89. The van der Waals surface area contributed by atoms with Gasteiger partial charge in [-0.1, -0.05) is 0 Å². The first-order valence-corrected chi connectivity index (χ1v) is 5.93. The number of anilines is 1. The number of nitriles is 1. The first-order valence-electron chi connectivity index (χ1n) is 5.93. The first-order chi connectivity index (χ1) is 9.04. The molecule has 1 unspecified atom stereocenters. The Balaban J connectivity index is 2.45. The Bertz CT molecular complexity index is 531. The van der Waals surface area contributed by atoms with Crippen LogP contribution in [0.2, 0.25) is 0 Å². The molecule has 1 fully saturated rings. The highest BCUT2D eigenvalue weighted by atomic mass is 19.1. The Kier molecular flexibility index (Phi) is 3.65. The molecule has 1 heterocycles. The molecule has 0 spiro atoms. The fourth-order valence-electron chi connectivity index (χ4n) is 2.36. The Morgan fingerprint density at radius 1 is 1.37 bits per heavy atom. The summed E-state index contributed by atoms with van der Waals surface area (Å²) in [6.45, 7) is 0.288. The van der Waals surface area contributed by atoms with E-state index in [0.29, 0.717) is 19.3 Å². The van der Waals surface area contributed by atoms with Crippen LogP contribution in [0.1, 0.15) is 24.8 Å². The minimum Gasteiger partial charge on any atom is -0.480 e. The van der Waals surface area contributed by atoms with Gasteiger partial charge in [0.1, 0.15) is 11.7 Å². The Hall–Kier alpha value is -2.16. The molecule has 1 saturated heterocycles. The number of nitrogens with zero attached hydrogens (tertiary/aromatic N) is 2. The molecule has 19 heavy (non-hydrogen) atoms. The number of halogens is 2. The zero-order valence-electron chi connectivity index (χ0n) is 10.1. The summed E-state index contributed by atoms with van der Waals surface area (Å²) in [5.41, 5.74) is -0.478. The predicted octanol–water partition coefficient (Wildman–Crippen LogP) is 2.28. The number of aliphatic carboxylic acids is 1. The Labute approximate surface area is 108 Å². The summed E-state index contributed by atoms with van der Waals surface area (Å²) >= 11 is 0. The molecule has 6 heteroatoms. The maximum atomic E-state index is 13.9. The van der Waals surface area contributed by atoms with Crippen molar-refractivity contribution in [3.8, 4) is 6.07 Å². The molecule has 1 atom stereocenters. The number of carbonyl (C=O) groups is 1. The van der Waals surface area contributed by atoms with Gasteiger partial charge in [0, 0.05) is 6.54 Å². The van der Waals surface area contributed by atoms with E-state index >= 15 is 0 Å². The average molecular weight is 266 g/mol. The van der Waals surface area contributed by atoms with Crippen LogP contribution in [0, 0.1) is 23.0 Å². The van der Waals surface area contributed by atoms with E-state index < -0.39 is 23.6 Å². The van der Waals surface area contributed by atoms with Gasteiger partial charge in [0.05, 0.1) is 11.6 Å². The number of benzene rings is 1. The van der Waals surface area contributed by atoms with Crippen molar-refractivity contribution in [2.75, 3.05) is 11.4 Å². The maximum absolute atomic E-state index is 13.9. The van der Waals surface area contributed by atoms with Crippen molar-refractivity contribution in [1.82, 2.24) is 0 Å². The third-order valence-corrected chi connectivity index (χ3v) is 3.22.